The molecule has 20 heavy (non-hydrogen) atoms. The fraction of sp³-hybridized carbons (Fsp3) is 0.400. The van der Waals surface area contributed by atoms with E-state index in [1.807, 2.05) is 24.3 Å². The van der Waals surface area contributed by atoms with Crippen molar-refractivity contribution in [3.05, 3.63) is 29.1 Å². The highest BCUT2D eigenvalue weighted by molar-refractivity contribution is 7.21. The third-order valence-electron chi connectivity index (χ3n) is 3.92. The third kappa shape index (κ3) is 2.27. The fourth-order valence-electron chi connectivity index (χ4n) is 2.72. The van der Waals surface area contributed by atoms with Gasteiger partial charge in [0.2, 0.25) is 0 Å². The zero-order valence-electron chi connectivity index (χ0n) is 11.4. The zero-order valence-corrected chi connectivity index (χ0v) is 12.2. The van der Waals surface area contributed by atoms with Gasteiger partial charge in [-0.15, -0.1) is 11.3 Å². The number of nitrogen functional groups attached to an aromatic ring is 1. The van der Waals surface area contributed by atoms with Crippen LogP contribution in [0.15, 0.2) is 24.3 Å². The van der Waals surface area contributed by atoms with E-state index in [9.17, 15) is 9.90 Å². The predicted molar refractivity (Wildman–Crippen MR) is 81.9 cm³/mol. The number of aliphatic hydroxyl groups excluding tert-OH is 1. The first-order valence-electron chi connectivity index (χ1n) is 6.76. The summed E-state index contributed by atoms with van der Waals surface area (Å²) in [6, 6.07) is 7.81. The number of nitrogens with two attached hydrogens (primary N) is 1. The smallest absolute Gasteiger partial charge is 0.265 e. The molecule has 3 rings (SSSR count). The van der Waals surface area contributed by atoms with Crippen molar-refractivity contribution in [2.75, 3.05) is 19.3 Å². The Morgan fingerprint density at radius 2 is 2.15 bits per heavy atom. The van der Waals surface area contributed by atoms with E-state index in [0.29, 0.717) is 23.0 Å². The molecule has 1 aromatic heterocycles. The summed E-state index contributed by atoms with van der Waals surface area (Å²) in [5.74, 6) is 0.389. The van der Waals surface area contributed by atoms with Crippen LogP contribution < -0.4 is 5.73 Å². The highest BCUT2D eigenvalue weighted by Crippen LogP contribution is 2.35. The second kappa shape index (κ2) is 5.07. The van der Waals surface area contributed by atoms with E-state index < -0.39 is 0 Å². The van der Waals surface area contributed by atoms with Gasteiger partial charge in [-0.3, -0.25) is 4.79 Å². The van der Waals surface area contributed by atoms with Crippen LogP contribution in [0.4, 0.5) is 5.69 Å². The number of hydrogen-bond acceptors (Lipinski definition) is 4. The average Bonchev–Trinajstić information content (AvgIpc) is 2.74. The molecule has 2 aromatic rings. The summed E-state index contributed by atoms with van der Waals surface area (Å²) in [4.78, 5) is 14.8. The molecule has 106 valence electrons. The monoisotopic (exact) mass is 290 g/mol. The van der Waals surface area contributed by atoms with Gasteiger partial charge in [-0.1, -0.05) is 18.2 Å². The maximum atomic E-state index is 12.5. The number of carbonyl (C=O) groups is 1. The number of nitrogens with zero attached hydrogens (tertiary/aromatic N) is 1. The van der Waals surface area contributed by atoms with Gasteiger partial charge in [0.25, 0.3) is 5.91 Å². The second-order valence-corrected chi connectivity index (χ2v) is 6.57. The number of benzene rings is 1. The molecule has 0 aliphatic heterocycles. The molecular weight excluding hydrogens is 272 g/mol. The molecule has 4 nitrogen and oxygen atoms in total. The highest BCUT2D eigenvalue weighted by atomic mass is 32.1. The number of anilines is 1. The van der Waals surface area contributed by atoms with E-state index >= 15 is 0 Å². The molecule has 0 unspecified atom stereocenters. The summed E-state index contributed by atoms with van der Waals surface area (Å²) in [6.45, 7) is 0.684. The van der Waals surface area contributed by atoms with Crippen molar-refractivity contribution >= 4 is 33.0 Å². The molecule has 0 radical (unpaired) electrons. The van der Waals surface area contributed by atoms with Crippen LogP contribution in [0.5, 0.6) is 0 Å². The van der Waals surface area contributed by atoms with Gasteiger partial charge in [-0.2, -0.15) is 0 Å². The highest BCUT2D eigenvalue weighted by Gasteiger charge is 2.30. The van der Waals surface area contributed by atoms with Crippen molar-refractivity contribution in [2.45, 2.75) is 18.9 Å². The molecule has 3 N–H and O–H groups in total. The minimum atomic E-state index is -0.183. The summed E-state index contributed by atoms with van der Waals surface area (Å²) in [5, 5.41) is 10.3. The normalized spacial score (nSPS) is 21.7. The summed E-state index contributed by atoms with van der Waals surface area (Å²) >= 11 is 1.45. The molecule has 0 atom stereocenters. The van der Waals surface area contributed by atoms with Crippen molar-refractivity contribution in [1.82, 2.24) is 4.90 Å². The number of amides is 1. The molecule has 5 heteroatoms. The van der Waals surface area contributed by atoms with Crippen LogP contribution in [-0.2, 0) is 0 Å². The molecule has 1 heterocycles. The fourth-order valence-corrected chi connectivity index (χ4v) is 3.83. The van der Waals surface area contributed by atoms with Crippen molar-refractivity contribution in [3.8, 4) is 0 Å². The molecule has 0 bridgehead atoms. The Hall–Kier alpha value is -1.59. The Kier molecular flexibility index (Phi) is 3.40. The number of fused-ring (bicyclic) bond motifs is 1. The van der Waals surface area contributed by atoms with Crippen molar-refractivity contribution < 1.29 is 9.90 Å². The van der Waals surface area contributed by atoms with Crippen LogP contribution in [0.3, 0.4) is 0 Å². The van der Waals surface area contributed by atoms with Crippen molar-refractivity contribution in [3.63, 3.8) is 0 Å². The van der Waals surface area contributed by atoms with Gasteiger partial charge >= 0.3 is 0 Å². The summed E-state index contributed by atoms with van der Waals surface area (Å²) in [5.41, 5.74) is 6.68. The topological polar surface area (TPSA) is 66.6 Å². The van der Waals surface area contributed by atoms with Crippen molar-refractivity contribution in [2.24, 2.45) is 5.92 Å². The van der Waals surface area contributed by atoms with Crippen LogP contribution >= 0.6 is 11.3 Å². The van der Waals surface area contributed by atoms with Gasteiger partial charge in [-0.25, -0.2) is 0 Å². The molecule has 1 aromatic carbocycles. The molecule has 0 saturated heterocycles. The Morgan fingerprint density at radius 1 is 1.45 bits per heavy atom. The molecule has 1 fully saturated rings. The van der Waals surface area contributed by atoms with Crippen LogP contribution in [0.2, 0.25) is 0 Å². The summed E-state index contributed by atoms with van der Waals surface area (Å²) < 4.78 is 1.04. The molecule has 0 spiro atoms. The standard InChI is InChI=1S/C15H18N2O2S/c1-17(8-9-6-10(18)7-9)15(19)14-13(16)11-4-2-3-5-12(11)20-14/h2-5,9-10,18H,6-8,16H2,1H3. The van der Waals surface area contributed by atoms with E-state index in [-0.39, 0.29) is 12.0 Å². The maximum absolute atomic E-state index is 12.5. The Bertz CT molecular complexity index is 646. The van der Waals surface area contributed by atoms with E-state index in [4.69, 9.17) is 5.73 Å². The first-order chi connectivity index (χ1) is 9.56. The third-order valence-corrected chi connectivity index (χ3v) is 5.09. The minimum Gasteiger partial charge on any atom is -0.397 e. The average molecular weight is 290 g/mol. The van der Waals surface area contributed by atoms with Crippen LogP contribution in [0, 0.1) is 5.92 Å². The lowest BCUT2D eigenvalue weighted by Crippen LogP contribution is -2.39. The summed E-state index contributed by atoms with van der Waals surface area (Å²) in [6.07, 6.45) is 1.40. The molecular formula is C15H18N2O2S. The molecule has 1 aliphatic carbocycles. The van der Waals surface area contributed by atoms with Gasteiger partial charge in [0, 0.05) is 23.7 Å². The number of rotatable bonds is 3. The van der Waals surface area contributed by atoms with Gasteiger partial charge in [-0.05, 0) is 24.8 Å². The van der Waals surface area contributed by atoms with Crippen LogP contribution in [0.1, 0.15) is 22.5 Å². The van der Waals surface area contributed by atoms with Crippen molar-refractivity contribution in [1.29, 1.82) is 0 Å². The number of aliphatic hydroxyl groups is 1. The SMILES string of the molecule is CN(CC1CC(O)C1)C(=O)c1sc2ccccc2c1N. The first-order valence-corrected chi connectivity index (χ1v) is 7.58. The van der Waals surface area contributed by atoms with E-state index in [0.717, 1.165) is 22.9 Å². The van der Waals surface area contributed by atoms with Gasteiger partial charge in [0.05, 0.1) is 11.8 Å². The van der Waals surface area contributed by atoms with Gasteiger partial charge in [0.1, 0.15) is 4.88 Å². The zero-order chi connectivity index (χ0) is 14.3. The van der Waals surface area contributed by atoms with Gasteiger partial charge < -0.3 is 15.7 Å². The lowest BCUT2D eigenvalue weighted by molar-refractivity contribution is 0.0267. The Labute approximate surface area is 121 Å². The number of thiophene rings is 1. The van der Waals surface area contributed by atoms with Crippen LogP contribution in [-0.4, -0.2) is 35.6 Å². The second-order valence-electron chi connectivity index (χ2n) is 5.52. The molecule has 1 amide bonds. The summed E-state index contributed by atoms with van der Waals surface area (Å²) in [7, 11) is 1.80. The Morgan fingerprint density at radius 3 is 2.80 bits per heavy atom. The van der Waals surface area contributed by atoms with E-state index in [2.05, 4.69) is 0 Å². The Balaban J connectivity index is 1.79. The maximum Gasteiger partial charge on any atom is 0.265 e. The molecule has 1 aliphatic rings. The predicted octanol–water partition coefficient (Wildman–Crippen LogP) is 2.33. The minimum absolute atomic E-state index is 0.0231. The van der Waals surface area contributed by atoms with E-state index in [1.54, 1.807) is 11.9 Å². The van der Waals surface area contributed by atoms with Gasteiger partial charge in [0.15, 0.2) is 0 Å². The lowest BCUT2D eigenvalue weighted by Gasteiger charge is -2.34. The molecule has 1 saturated carbocycles. The number of hydrogen-bond donors (Lipinski definition) is 2. The van der Waals surface area contributed by atoms with E-state index in [1.165, 1.54) is 11.3 Å². The quantitative estimate of drug-likeness (QED) is 0.911. The lowest BCUT2D eigenvalue weighted by atomic mass is 9.82. The largest absolute Gasteiger partial charge is 0.397 e. The first kappa shape index (κ1) is 13.4. The number of carbonyl (C=O) groups excluding carboxylic acids is 1. The van der Waals surface area contributed by atoms with Crippen LogP contribution in [0.25, 0.3) is 10.1 Å².